The summed E-state index contributed by atoms with van der Waals surface area (Å²) in [7, 11) is 1.55. The number of nitrogens with zero attached hydrogens (tertiary/aromatic N) is 3. The Kier molecular flexibility index (Phi) is 6.68. The quantitative estimate of drug-likeness (QED) is 0.723. The molecular formula is C21H28N4O3. The number of piperidine rings is 1. The highest BCUT2D eigenvalue weighted by Crippen LogP contribution is 2.26. The summed E-state index contributed by atoms with van der Waals surface area (Å²) < 4.78 is 5.27. The van der Waals surface area contributed by atoms with E-state index in [-0.39, 0.29) is 12.3 Å². The Balaban J connectivity index is 1.65. The van der Waals surface area contributed by atoms with Crippen LogP contribution < -0.4 is 15.0 Å². The van der Waals surface area contributed by atoms with Gasteiger partial charge < -0.3 is 20.1 Å². The lowest BCUT2D eigenvalue weighted by Crippen LogP contribution is -2.37. The predicted octanol–water partition coefficient (Wildman–Crippen LogP) is 3.14. The molecule has 1 aliphatic rings. The van der Waals surface area contributed by atoms with E-state index in [0.717, 1.165) is 38.2 Å². The van der Waals surface area contributed by atoms with Crippen molar-refractivity contribution >= 4 is 17.6 Å². The molecular weight excluding hydrogens is 356 g/mol. The highest BCUT2D eigenvalue weighted by atomic mass is 16.5. The van der Waals surface area contributed by atoms with Crippen LogP contribution in [0.3, 0.4) is 0 Å². The van der Waals surface area contributed by atoms with Crippen molar-refractivity contribution in [3.63, 3.8) is 0 Å². The molecule has 1 aromatic carbocycles. The van der Waals surface area contributed by atoms with Gasteiger partial charge in [0.25, 0.3) is 0 Å². The summed E-state index contributed by atoms with van der Waals surface area (Å²) in [6.07, 6.45) is 2.99. The van der Waals surface area contributed by atoms with Gasteiger partial charge >= 0.3 is 12.0 Å². The van der Waals surface area contributed by atoms with Gasteiger partial charge in [-0.1, -0.05) is 29.8 Å². The van der Waals surface area contributed by atoms with Crippen LogP contribution >= 0.6 is 0 Å². The van der Waals surface area contributed by atoms with Crippen molar-refractivity contribution in [2.24, 2.45) is 5.92 Å². The molecule has 2 heterocycles. The number of rotatable bonds is 8. The molecule has 2 aromatic rings. The largest absolute Gasteiger partial charge is 0.481 e. The number of benzene rings is 1. The second-order valence-corrected chi connectivity index (χ2v) is 7.31. The fraction of sp³-hybridized carbons (Fsp3) is 0.476. The number of aryl methyl sites for hydroxylation is 1. The first-order valence-electron chi connectivity index (χ1n) is 9.72. The summed E-state index contributed by atoms with van der Waals surface area (Å²) in [5.74, 6) is 0.893. The Morgan fingerprint density at radius 1 is 1.32 bits per heavy atom. The smallest absolute Gasteiger partial charge is 0.320 e. The Morgan fingerprint density at radius 2 is 2.11 bits per heavy atom. The van der Waals surface area contributed by atoms with Gasteiger partial charge in [-0.3, -0.25) is 4.79 Å². The van der Waals surface area contributed by atoms with Crippen molar-refractivity contribution in [1.82, 2.24) is 9.97 Å². The first-order chi connectivity index (χ1) is 13.5. The fourth-order valence-electron chi connectivity index (χ4n) is 3.53. The summed E-state index contributed by atoms with van der Waals surface area (Å²) in [4.78, 5) is 22.0. The molecule has 2 N–H and O–H groups in total. The van der Waals surface area contributed by atoms with Crippen molar-refractivity contribution in [2.75, 3.05) is 37.0 Å². The van der Waals surface area contributed by atoms with Gasteiger partial charge in [-0.2, -0.15) is 9.97 Å². The number of nitrogens with one attached hydrogen (secondary N) is 1. The van der Waals surface area contributed by atoms with E-state index in [9.17, 15) is 4.79 Å². The zero-order valence-corrected chi connectivity index (χ0v) is 16.5. The van der Waals surface area contributed by atoms with Crippen LogP contribution in [0.25, 0.3) is 0 Å². The van der Waals surface area contributed by atoms with Gasteiger partial charge in [0.15, 0.2) is 0 Å². The van der Waals surface area contributed by atoms with Crippen LogP contribution in [0.4, 0.5) is 11.6 Å². The molecule has 0 spiro atoms. The van der Waals surface area contributed by atoms with E-state index in [4.69, 9.17) is 9.84 Å². The number of aromatic nitrogens is 2. The molecule has 1 fully saturated rings. The molecule has 0 amide bonds. The molecule has 1 saturated heterocycles. The lowest BCUT2D eigenvalue weighted by molar-refractivity contribution is -0.138. The van der Waals surface area contributed by atoms with E-state index in [1.807, 2.05) is 6.07 Å². The lowest BCUT2D eigenvalue weighted by Gasteiger charge is -2.33. The second kappa shape index (κ2) is 9.39. The van der Waals surface area contributed by atoms with Crippen LogP contribution in [0.1, 0.15) is 30.4 Å². The zero-order chi connectivity index (χ0) is 19.9. The Hall–Kier alpha value is -2.83. The molecule has 0 radical (unpaired) electrons. The van der Waals surface area contributed by atoms with Gasteiger partial charge in [-0.25, -0.2) is 0 Å². The number of aliphatic carboxylic acids is 1. The van der Waals surface area contributed by atoms with Crippen molar-refractivity contribution in [3.05, 3.63) is 41.5 Å². The van der Waals surface area contributed by atoms with Gasteiger partial charge in [0.2, 0.25) is 0 Å². The van der Waals surface area contributed by atoms with Crippen LogP contribution in [0.2, 0.25) is 0 Å². The number of methoxy groups -OCH3 is 1. The molecule has 0 bridgehead atoms. The first kappa shape index (κ1) is 19.9. The van der Waals surface area contributed by atoms with E-state index in [1.165, 1.54) is 11.1 Å². The van der Waals surface area contributed by atoms with E-state index < -0.39 is 5.97 Å². The topological polar surface area (TPSA) is 87.6 Å². The van der Waals surface area contributed by atoms with Crippen LogP contribution in [-0.2, 0) is 11.2 Å². The number of ether oxygens (including phenoxy) is 1. The van der Waals surface area contributed by atoms with Crippen LogP contribution in [0.15, 0.2) is 30.3 Å². The first-order valence-corrected chi connectivity index (χ1v) is 9.72. The highest BCUT2D eigenvalue weighted by molar-refractivity contribution is 5.67. The van der Waals surface area contributed by atoms with Gasteiger partial charge in [-0.05, 0) is 37.7 Å². The molecule has 7 nitrogen and oxygen atoms in total. The lowest BCUT2D eigenvalue weighted by atomic mass is 9.95. The number of carboxylic acids is 1. The number of hydrogen-bond donors (Lipinski definition) is 2. The van der Waals surface area contributed by atoms with Crippen molar-refractivity contribution in [2.45, 2.75) is 32.6 Å². The summed E-state index contributed by atoms with van der Waals surface area (Å²) in [6, 6.07) is 10.7. The maximum absolute atomic E-state index is 11.0. The molecule has 28 heavy (non-hydrogen) atoms. The highest BCUT2D eigenvalue weighted by Gasteiger charge is 2.23. The second-order valence-electron chi connectivity index (χ2n) is 7.31. The standard InChI is InChI=1S/C21H28N4O3/c1-15-5-7-16(8-6-15)9-10-22-18-13-19(24-21(23-18)28-2)25-11-3-4-17(14-25)12-20(26)27/h5-8,13,17H,3-4,9-12,14H2,1-2H3,(H,26,27)(H,22,23,24)/t17-/m0/s1. The van der Waals surface area contributed by atoms with E-state index in [0.29, 0.717) is 18.4 Å². The molecule has 1 atom stereocenters. The number of carbonyl (C=O) groups is 1. The maximum Gasteiger partial charge on any atom is 0.320 e. The monoisotopic (exact) mass is 384 g/mol. The molecule has 0 aliphatic carbocycles. The Bertz CT molecular complexity index is 795. The summed E-state index contributed by atoms with van der Waals surface area (Å²) in [5.41, 5.74) is 2.52. The third kappa shape index (κ3) is 5.58. The summed E-state index contributed by atoms with van der Waals surface area (Å²) in [6.45, 7) is 4.39. The minimum absolute atomic E-state index is 0.144. The minimum Gasteiger partial charge on any atom is -0.481 e. The maximum atomic E-state index is 11.0. The minimum atomic E-state index is -0.745. The molecule has 1 aromatic heterocycles. The average molecular weight is 384 g/mol. The summed E-state index contributed by atoms with van der Waals surface area (Å²) >= 11 is 0. The molecule has 7 heteroatoms. The third-order valence-corrected chi connectivity index (χ3v) is 5.02. The average Bonchev–Trinajstić information content (AvgIpc) is 2.69. The van der Waals surface area contributed by atoms with Crippen molar-refractivity contribution < 1.29 is 14.6 Å². The third-order valence-electron chi connectivity index (χ3n) is 5.02. The van der Waals surface area contributed by atoms with Crippen molar-refractivity contribution in [3.8, 4) is 6.01 Å². The SMILES string of the molecule is COc1nc(NCCc2ccc(C)cc2)cc(N2CCC[C@@H](CC(=O)O)C2)n1. The summed E-state index contributed by atoms with van der Waals surface area (Å²) in [5, 5.41) is 12.4. The zero-order valence-electron chi connectivity index (χ0n) is 16.5. The number of hydrogen-bond acceptors (Lipinski definition) is 6. The van der Waals surface area contributed by atoms with E-state index in [1.54, 1.807) is 7.11 Å². The normalized spacial score (nSPS) is 16.6. The number of carboxylic acid groups (broad SMARTS) is 1. The molecule has 0 saturated carbocycles. The van der Waals surface area contributed by atoms with Crippen LogP contribution in [0, 0.1) is 12.8 Å². The van der Waals surface area contributed by atoms with E-state index in [2.05, 4.69) is 51.4 Å². The molecule has 1 aliphatic heterocycles. The van der Waals surface area contributed by atoms with Gasteiger partial charge in [0.05, 0.1) is 7.11 Å². The number of anilines is 2. The molecule has 0 unspecified atom stereocenters. The van der Waals surface area contributed by atoms with Crippen LogP contribution in [-0.4, -0.2) is 47.8 Å². The molecule has 3 rings (SSSR count). The predicted molar refractivity (Wildman–Crippen MR) is 109 cm³/mol. The van der Waals surface area contributed by atoms with Gasteiger partial charge in [0.1, 0.15) is 11.6 Å². The van der Waals surface area contributed by atoms with Gasteiger partial charge in [-0.15, -0.1) is 0 Å². The fourth-order valence-corrected chi connectivity index (χ4v) is 3.53. The van der Waals surface area contributed by atoms with E-state index >= 15 is 0 Å². The van der Waals surface area contributed by atoms with Crippen molar-refractivity contribution in [1.29, 1.82) is 0 Å². The van der Waals surface area contributed by atoms with Crippen LogP contribution in [0.5, 0.6) is 6.01 Å². The Labute approximate surface area is 165 Å². The van der Waals surface area contributed by atoms with Gasteiger partial charge in [0, 0.05) is 32.1 Å². The Morgan fingerprint density at radius 3 is 2.82 bits per heavy atom. The molecule has 150 valence electrons.